The number of amides is 2. The Bertz CT molecular complexity index is 951. The van der Waals surface area contributed by atoms with Crippen LogP contribution in [0.5, 0.6) is 5.75 Å². The van der Waals surface area contributed by atoms with E-state index < -0.39 is 0 Å². The lowest BCUT2D eigenvalue weighted by atomic mass is 10.1. The minimum Gasteiger partial charge on any atom is -0.490 e. The molecule has 1 aromatic carbocycles. The molecular weight excluding hydrogens is 394 g/mol. The second-order valence-electron chi connectivity index (χ2n) is 9.01. The van der Waals surface area contributed by atoms with Crippen LogP contribution in [-0.2, 0) is 4.79 Å². The van der Waals surface area contributed by atoms with E-state index in [9.17, 15) is 9.59 Å². The quantitative estimate of drug-likeness (QED) is 0.749. The van der Waals surface area contributed by atoms with Crippen molar-refractivity contribution >= 4 is 22.8 Å². The Morgan fingerprint density at radius 1 is 1.00 bits per heavy atom. The molecule has 0 radical (unpaired) electrons. The van der Waals surface area contributed by atoms with Crippen molar-refractivity contribution in [3.8, 4) is 5.75 Å². The van der Waals surface area contributed by atoms with Crippen LogP contribution in [-0.4, -0.2) is 77.9 Å². The summed E-state index contributed by atoms with van der Waals surface area (Å²) in [6.45, 7) is 12.4. The maximum atomic E-state index is 12.9. The van der Waals surface area contributed by atoms with Gasteiger partial charge < -0.3 is 23.9 Å². The number of nitrogens with zero attached hydrogens (tertiary/aromatic N) is 3. The fourth-order valence-electron chi connectivity index (χ4n) is 4.47. The van der Waals surface area contributed by atoms with Gasteiger partial charge in [0, 0.05) is 57.6 Å². The zero-order chi connectivity index (χ0) is 22.1. The van der Waals surface area contributed by atoms with Gasteiger partial charge in [0.1, 0.15) is 17.4 Å². The first-order chi connectivity index (χ1) is 14.8. The Balaban J connectivity index is 1.44. The average Bonchev–Trinajstić information content (AvgIpc) is 3.16. The van der Waals surface area contributed by atoms with Crippen molar-refractivity contribution < 1.29 is 18.7 Å². The third kappa shape index (κ3) is 4.71. The summed E-state index contributed by atoms with van der Waals surface area (Å²) >= 11 is 0. The third-order valence-electron chi connectivity index (χ3n) is 6.54. The summed E-state index contributed by atoms with van der Waals surface area (Å²) in [4.78, 5) is 30.4. The SMILES string of the molecule is CC(=O)N1CCN(C(=O)c2cc3cc(OC4CCN(C(C)C)CC4)c(C)cc3o2)CC1. The number of piperidine rings is 1. The third-order valence-corrected chi connectivity index (χ3v) is 6.54. The Labute approximate surface area is 183 Å². The molecule has 0 saturated carbocycles. The van der Waals surface area contributed by atoms with Gasteiger partial charge >= 0.3 is 0 Å². The molecule has 0 spiro atoms. The molecule has 3 heterocycles. The molecule has 2 aliphatic heterocycles. The number of hydrogen-bond donors (Lipinski definition) is 0. The van der Waals surface area contributed by atoms with Gasteiger partial charge in [0.25, 0.3) is 5.91 Å². The number of ether oxygens (including phenoxy) is 1. The van der Waals surface area contributed by atoms with Gasteiger partial charge in [-0.3, -0.25) is 9.59 Å². The molecule has 2 fully saturated rings. The topological polar surface area (TPSA) is 66.2 Å². The van der Waals surface area contributed by atoms with Gasteiger partial charge in [0.15, 0.2) is 5.76 Å². The summed E-state index contributed by atoms with van der Waals surface area (Å²) in [5.41, 5.74) is 1.72. The number of rotatable bonds is 4. The number of benzene rings is 1. The second kappa shape index (κ2) is 8.91. The van der Waals surface area contributed by atoms with Crippen LogP contribution in [0.25, 0.3) is 11.0 Å². The maximum absolute atomic E-state index is 12.9. The van der Waals surface area contributed by atoms with E-state index >= 15 is 0 Å². The monoisotopic (exact) mass is 427 g/mol. The van der Waals surface area contributed by atoms with Crippen molar-refractivity contribution in [2.24, 2.45) is 0 Å². The molecule has 2 amide bonds. The van der Waals surface area contributed by atoms with Crippen molar-refractivity contribution in [1.29, 1.82) is 0 Å². The van der Waals surface area contributed by atoms with Crippen molar-refractivity contribution in [2.75, 3.05) is 39.3 Å². The number of piperazine rings is 1. The Morgan fingerprint density at radius 2 is 1.65 bits per heavy atom. The van der Waals surface area contributed by atoms with E-state index in [1.165, 1.54) is 0 Å². The van der Waals surface area contributed by atoms with Gasteiger partial charge in [-0.25, -0.2) is 0 Å². The van der Waals surface area contributed by atoms with E-state index in [4.69, 9.17) is 9.15 Å². The predicted octanol–water partition coefficient (Wildman–Crippen LogP) is 3.30. The van der Waals surface area contributed by atoms with Crippen LogP contribution in [0.2, 0.25) is 0 Å². The standard InChI is InChI=1S/C24H33N3O4/c1-16(2)25-7-5-20(6-8-25)30-21-14-19-15-23(31-22(19)13-17(21)3)24(29)27-11-9-26(10-12-27)18(4)28/h13-16,20H,5-12H2,1-4H3. The Kier molecular flexibility index (Phi) is 6.23. The second-order valence-corrected chi connectivity index (χ2v) is 9.01. The molecule has 7 heteroatoms. The Morgan fingerprint density at radius 3 is 2.26 bits per heavy atom. The van der Waals surface area contributed by atoms with Crippen molar-refractivity contribution in [2.45, 2.75) is 52.7 Å². The summed E-state index contributed by atoms with van der Waals surface area (Å²) < 4.78 is 12.2. The smallest absolute Gasteiger partial charge is 0.289 e. The number of furan rings is 1. The van der Waals surface area contributed by atoms with Crippen LogP contribution < -0.4 is 4.74 Å². The summed E-state index contributed by atoms with van der Waals surface area (Å²) in [7, 11) is 0. The molecule has 0 aliphatic carbocycles. The lowest BCUT2D eigenvalue weighted by Crippen LogP contribution is -2.50. The van der Waals surface area contributed by atoms with E-state index in [0.29, 0.717) is 43.6 Å². The maximum Gasteiger partial charge on any atom is 0.289 e. The molecule has 7 nitrogen and oxygen atoms in total. The molecule has 2 aromatic rings. The molecule has 2 saturated heterocycles. The highest BCUT2D eigenvalue weighted by molar-refractivity contribution is 5.96. The highest BCUT2D eigenvalue weighted by Crippen LogP contribution is 2.30. The van der Waals surface area contributed by atoms with E-state index in [0.717, 1.165) is 42.6 Å². The van der Waals surface area contributed by atoms with Gasteiger partial charge in [-0.05, 0) is 57.4 Å². The van der Waals surface area contributed by atoms with Gasteiger partial charge in [-0.2, -0.15) is 0 Å². The van der Waals surface area contributed by atoms with Crippen LogP contribution in [0.1, 0.15) is 49.7 Å². The number of likely N-dealkylation sites (tertiary alicyclic amines) is 1. The minimum atomic E-state index is -0.124. The normalized spacial score (nSPS) is 18.7. The molecule has 0 N–H and O–H groups in total. The van der Waals surface area contributed by atoms with Crippen molar-refractivity contribution in [3.63, 3.8) is 0 Å². The summed E-state index contributed by atoms with van der Waals surface area (Å²) in [5, 5.41) is 0.880. The first-order valence-corrected chi connectivity index (χ1v) is 11.3. The minimum absolute atomic E-state index is 0.0497. The zero-order valence-corrected chi connectivity index (χ0v) is 19.0. The molecule has 1 aromatic heterocycles. The fourth-order valence-corrected chi connectivity index (χ4v) is 4.47. The predicted molar refractivity (Wildman–Crippen MR) is 119 cm³/mol. The van der Waals surface area contributed by atoms with Gasteiger partial charge in [-0.1, -0.05) is 0 Å². The summed E-state index contributed by atoms with van der Waals surface area (Å²) in [6.07, 6.45) is 2.27. The fraction of sp³-hybridized carbons (Fsp3) is 0.583. The van der Waals surface area contributed by atoms with E-state index in [1.54, 1.807) is 16.7 Å². The average molecular weight is 428 g/mol. The van der Waals surface area contributed by atoms with Crippen molar-refractivity contribution in [3.05, 3.63) is 29.5 Å². The van der Waals surface area contributed by atoms with Gasteiger partial charge in [-0.15, -0.1) is 0 Å². The Hall–Kier alpha value is -2.54. The largest absolute Gasteiger partial charge is 0.490 e. The lowest BCUT2D eigenvalue weighted by molar-refractivity contribution is -0.130. The molecule has 4 rings (SSSR count). The lowest BCUT2D eigenvalue weighted by Gasteiger charge is -2.34. The number of hydrogen-bond acceptors (Lipinski definition) is 5. The molecule has 31 heavy (non-hydrogen) atoms. The van der Waals surface area contributed by atoms with Gasteiger partial charge in [0.2, 0.25) is 5.91 Å². The molecular formula is C24H33N3O4. The highest BCUT2D eigenvalue weighted by Gasteiger charge is 2.26. The first kappa shape index (κ1) is 21.7. The number of carbonyl (C=O) groups excluding carboxylic acids is 2. The molecule has 0 bridgehead atoms. The van der Waals surface area contributed by atoms with Crippen LogP contribution in [0.15, 0.2) is 22.6 Å². The highest BCUT2D eigenvalue weighted by atomic mass is 16.5. The van der Waals surface area contributed by atoms with Crippen LogP contribution >= 0.6 is 0 Å². The first-order valence-electron chi connectivity index (χ1n) is 11.3. The van der Waals surface area contributed by atoms with E-state index in [1.807, 2.05) is 25.1 Å². The van der Waals surface area contributed by atoms with Crippen molar-refractivity contribution in [1.82, 2.24) is 14.7 Å². The molecule has 168 valence electrons. The van der Waals surface area contributed by atoms with E-state index in [-0.39, 0.29) is 17.9 Å². The van der Waals surface area contributed by atoms with Gasteiger partial charge in [0.05, 0.1) is 0 Å². The van der Waals surface area contributed by atoms with Crippen LogP contribution in [0, 0.1) is 6.92 Å². The number of fused-ring (bicyclic) bond motifs is 1. The molecule has 0 unspecified atom stereocenters. The number of aryl methyl sites for hydroxylation is 1. The van der Waals surface area contributed by atoms with Crippen LogP contribution in [0.3, 0.4) is 0 Å². The molecule has 2 aliphatic rings. The number of carbonyl (C=O) groups is 2. The summed E-state index contributed by atoms with van der Waals surface area (Å²) in [6, 6.07) is 6.33. The summed E-state index contributed by atoms with van der Waals surface area (Å²) in [5.74, 6) is 1.13. The zero-order valence-electron chi connectivity index (χ0n) is 19.0. The molecule has 0 atom stereocenters. The van der Waals surface area contributed by atoms with E-state index in [2.05, 4.69) is 18.7 Å². The van der Waals surface area contributed by atoms with Crippen LogP contribution in [0.4, 0.5) is 0 Å².